The van der Waals surface area contributed by atoms with E-state index >= 15 is 0 Å². The summed E-state index contributed by atoms with van der Waals surface area (Å²) in [6, 6.07) is 6.93. The van der Waals surface area contributed by atoms with Gasteiger partial charge in [0.15, 0.2) is 0 Å². The van der Waals surface area contributed by atoms with E-state index in [-0.39, 0.29) is 36.9 Å². The lowest BCUT2D eigenvalue weighted by atomic mass is 10.1. The first-order chi connectivity index (χ1) is 9.92. The monoisotopic (exact) mass is 292 g/mol. The van der Waals surface area contributed by atoms with Crippen molar-refractivity contribution in [1.82, 2.24) is 10.6 Å². The zero-order valence-corrected chi connectivity index (χ0v) is 12.1. The standard InChI is InChI=1S/C14H20N4O3/c1-9(17-14(21)8-16-13(20)7-15)11-4-3-5-12(6-11)18-10(2)19/h3-6,9H,7-8,15H2,1-2H3,(H,16,20)(H,17,21)(H,18,19). The number of rotatable bonds is 6. The highest BCUT2D eigenvalue weighted by Gasteiger charge is 2.11. The number of nitrogens with two attached hydrogens (primary N) is 1. The van der Waals surface area contributed by atoms with Crippen LogP contribution in [0.4, 0.5) is 5.69 Å². The van der Waals surface area contributed by atoms with E-state index in [9.17, 15) is 14.4 Å². The summed E-state index contributed by atoms with van der Waals surface area (Å²) in [4.78, 5) is 33.7. The molecule has 0 radical (unpaired) electrons. The Kier molecular flexibility index (Phi) is 6.35. The Morgan fingerprint density at radius 3 is 2.57 bits per heavy atom. The molecule has 1 unspecified atom stereocenters. The third kappa shape index (κ3) is 6.05. The molecule has 21 heavy (non-hydrogen) atoms. The summed E-state index contributed by atoms with van der Waals surface area (Å²) >= 11 is 0. The second kappa shape index (κ2) is 8.01. The van der Waals surface area contributed by atoms with Gasteiger partial charge in [-0.25, -0.2) is 0 Å². The number of carbonyl (C=O) groups is 3. The molecule has 1 atom stereocenters. The van der Waals surface area contributed by atoms with E-state index in [1.54, 1.807) is 18.2 Å². The lowest BCUT2D eigenvalue weighted by Gasteiger charge is -2.15. The molecule has 0 aliphatic heterocycles. The van der Waals surface area contributed by atoms with Gasteiger partial charge in [-0.2, -0.15) is 0 Å². The smallest absolute Gasteiger partial charge is 0.239 e. The van der Waals surface area contributed by atoms with E-state index in [1.165, 1.54) is 6.92 Å². The molecular weight excluding hydrogens is 272 g/mol. The van der Waals surface area contributed by atoms with Crippen LogP contribution in [0.15, 0.2) is 24.3 Å². The van der Waals surface area contributed by atoms with Crippen molar-refractivity contribution in [3.63, 3.8) is 0 Å². The third-order valence-electron chi connectivity index (χ3n) is 2.72. The van der Waals surface area contributed by atoms with Gasteiger partial charge in [0, 0.05) is 12.6 Å². The predicted molar refractivity (Wildman–Crippen MR) is 79.4 cm³/mol. The van der Waals surface area contributed by atoms with Crippen molar-refractivity contribution < 1.29 is 14.4 Å². The fraction of sp³-hybridized carbons (Fsp3) is 0.357. The molecule has 0 aromatic heterocycles. The van der Waals surface area contributed by atoms with Crippen molar-refractivity contribution in [3.05, 3.63) is 29.8 Å². The van der Waals surface area contributed by atoms with Gasteiger partial charge in [0.25, 0.3) is 0 Å². The molecule has 7 heteroatoms. The van der Waals surface area contributed by atoms with Crippen LogP contribution in [-0.4, -0.2) is 30.8 Å². The maximum Gasteiger partial charge on any atom is 0.239 e. The molecule has 1 rings (SSSR count). The Hall–Kier alpha value is -2.41. The van der Waals surface area contributed by atoms with Gasteiger partial charge in [-0.3, -0.25) is 14.4 Å². The highest BCUT2D eigenvalue weighted by atomic mass is 16.2. The van der Waals surface area contributed by atoms with E-state index in [0.717, 1.165) is 5.56 Å². The first-order valence-corrected chi connectivity index (χ1v) is 6.56. The molecule has 7 nitrogen and oxygen atoms in total. The van der Waals surface area contributed by atoms with Gasteiger partial charge in [-0.05, 0) is 24.6 Å². The van der Waals surface area contributed by atoms with Crippen molar-refractivity contribution >= 4 is 23.4 Å². The molecule has 0 saturated heterocycles. The van der Waals surface area contributed by atoms with Gasteiger partial charge in [0.1, 0.15) is 0 Å². The van der Waals surface area contributed by atoms with Gasteiger partial charge in [-0.1, -0.05) is 12.1 Å². The van der Waals surface area contributed by atoms with Crippen LogP contribution in [0.5, 0.6) is 0 Å². The van der Waals surface area contributed by atoms with Crippen LogP contribution >= 0.6 is 0 Å². The second-order valence-electron chi connectivity index (χ2n) is 4.58. The summed E-state index contributed by atoms with van der Waals surface area (Å²) in [5, 5.41) is 7.82. The number of nitrogens with one attached hydrogen (secondary N) is 3. The first-order valence-electron chi connectivity index (χ1n) is 6.56. The molecule has 0 spiro atoms. The summed E-state index contributed by atoms with van der Waals surface area (Å²) in [7, 11) is 0. The minimum Gasteiger partial charge on any atom is -0.348 e. The number of amides is 3. The van der Waals surface area contributed by atoms with Crippen LogP contribution in [0.2, 0.25) is 0 Å². The quantitative estimate of drug-likeness (QED) is 0.586. The lowest BCUT2D eigenvalue weighted by molar-refractivity contribution is -0.125. The molecule has 1 aromatic carbocycles. The van der Waals surface area contributed by atoms with Crippen molar-refractivity contribution in [3.8, 4) is 0 Å². The van der Waals surface area contributed by atoms with E-state index in [0.29, 0.717) is 5.69 Å². The van der Waals surface area contributed by atoms with Crippen LogP contribution in [0.25, 0.3) is 0 Å². The van der Waals surface area contributed by atoms with E-state index in [1.807, 2.05) is 13.0 Å². The number of benzene rings is 1. The molecule has 0 fully saturated rings. The number of hydrogen-bond acceptors (Lipinski definition) is 4. The molecule has 0 aliphatic carbocycles. The number of hydrogen-bond donors (Lipinski definition) is 4. The second-order valence-corrected chi connectivity index (χ2v) is 4.58. The van der Waals surface area contributed by atoms with Gasteiger partial charge in [0.05, 0.1) is 19.1 Å². The average molecular weight is 292 g/mol. The zero-order valence-electron chi connectivity index (χ0n) is 12.1. The molecule has 114 valence electrons. The van der Waals surface area contributed by atoms with Crippen molar-refractivity contribution in [1.29, 1.82) is 0 Å². The lowest BCUT2D eigenvalue weighted by Crippen LogP contribution is -2.40. The van der Waals surface area contributed by atoms with Gasteiger partial charge >= 0.3 is 0 Å². The average Bonchev–Trinajstić information content (AvgIpc) is 2.44. The Bertz CT molecular complexity index is 531. The Morgan fingerprint density at radius 1 is 1.24 bits per heavy atom. The van der Waals surface area contributed by atoms with Crippen LogP contribution in [0.3, 0.4) is 0 Å². The van der Waals surface area contributed by atoms with Crippen LogP contribution < -0.4 is 21.7 Å². The van der Waals surface area contributed by atoms with Crippen LogP contribution in [0, 0.1) is 0 Å². The maximum atomic E-state index is 11.7. The largest absolute Gasteiger partial charge is 0.348 e. The minimum atomic E-state index is -0.384. The first kappa shape index (κ1) is 16.6. The Labute approximate surface area is 123 Å². The minimum absolute atomic E-state index is 0.119. The molecule has 0 heterocycles. The highest BCUT2D eigenvalue weighted by molar-refractivity contribution is 5.88. The fourth-order valence-electron chi connectivity index (χ4n) is 1.72. The summed E-state index contributed by atoms with van der Waals surface area (Å²) in [5.74, 6) is -0.854. The van der Waals surface area contributed by atoms with Crippen LogP contribution in [0.1, 0.15) is 25.5 Å². The normalized spacial score (nSPS) is 11.4. The third-order valence-corrected chi connectivity index (χ3v) is 2.72. The van der Waals surface area contributed by atoms with Crippen molar-refractivity contribution in [2.24, 2.45) is 5.73 Å². The fourth-order valence-corrected chi connectivity index (χ4v) is 1.72. The van der Waals surface area contributed by atoms with Crippen LogP contribution in [-0.2, 0) is 14.4 Å². The predicted octanol–water partition coefficient (Wildman–Crippen LogP) is -0.103. The van der Waals surface area contributed by atoms with Crippen molar-refractivity contribution in [2.45, 2.75) is 19.9 Å². The molecule has 3 amide bonds. The summed E-state index contributed by atoms with van der Waals surface area (Å²) in [6.45, 7) is 2.97. The Balaban J connectivity index is 2.58. The molecular formula is C14H20N4O3. The van der Waals surface area contributed by atoms with E-state index in [4.69, 9.17) is 5.73 Å². The molecule has 0 aliphatic rings. The van der Waals surface area contributed by atoms with E-state index < -0.39 is 0 Å². The molecule has 0 saturated carbocycles. The van der Waals surface area contributed by atoms with Crippen molar-refractivity contribution in [2.75, 3.05) is 18.4 Å². The summed E-state index contributed by atoms with van der Waals surface area (Å²) in [6.07, 6.45) is 0. The topological polar surface area (TPSA) is 113 Å². The van der Waals surface area contributed by atoms with Gasteiger partial charge in [-0.15, -0.1) is 0 Å². The highest BCUT2D eigenvalue weighted by Crippen LogP contribution is 2.17. The Morgan fingerprint density at radius 2 is 1.95 bits per heavy atom. The number of anilines is 1. The van der Waals surface area contributed by atoms with E-state index in [2.05, 4.69) is 16.0 Å². The zero-order chi connectivity index (χ0) is 15.8. The molecule has 0 bridgehead atoms. The van der Waals surface area contributed by atoms with Gasteiger partial charge in [0.2, 0.25) is 17.7 Å². The number of carbonyl (C=O) groups excluding carboxylic acids is 3. The van der Waals surface area contributed by atoms with Gasteiger partial charge < -0.3 is 21.7 Å². The molecule has 1 aromatic rings. The SMILES string of the molecule is CC(=O)Nc1cccc(C(C)NC(=O)CNC(=O)CN)c1. The summed E-state index contributed by atoms with van der Waals surface area (Å²) < 4.78 is 0. The summed E-state index contributed by atoms with van der Waals surface area (Å²) in [5.41, 5.74) is 6.64. The molecule has 5 N–H and O–H groups in total. The maximum absolute atomic E-state index is 11.7.